The number of ether oxygens (including phenoxy) is 1. The molecule has 0 radical (unpaired) electrons. The highest BCUT2D eigenvalue weighted by Gasteiger charge is 2.26. The Morgan fingerprint density at radius 2 is 2.12 bits per heavy atom. The summed E-state index contributed by atoms with van der Waals surface area (Å²) in [6, 6.07) is 0. The van der Waals surface area contributed by atoms with Gasteiger partial charge in [-0.05, 0) is 26.7 Å². The first-order chi connectivity index (χ1) is 7.66. The topological polar surface area (TPSA) is 52.1 Å². The van der Waals surface area contributed by atoms with E-state index < -0.39 is 0 Å². The first-order valence-electron chi connectivity index (χ1n) is 5.57. The number of hydrogen-bond acceptors (Lipinski definition) is 4. The molecule has 0 saturated carbocycles. The van der Waals surface area contributed by atoms with Crippen LogP contribution in [-0.4, -0.2) is 22.4 Å². The van der Waals surface area contributed by atoms with Gasteiger partial charge in [0.25, 0.3) is 0 Å². The molecular weight excluding hydrogens is 204 g/mol. The van der Waals surface area contributed by atoms with Crippen molar-refractivity contribution in [1.29, 1.82) is 0 Å². The summed E-state index contributed by atoms with van der Waals surface area (Å²) in [7, 11) is 0. The highest BCUT2D eigenvalue weighted by molar-refractivity contribution is 5.78. The Kier molecular flexibility index (Phi) is 3.29. The van der Waals surface area contributed by atoms with E-state index in [4.69, 9.17) is 4.74 Å². The summed E-state index contributed by atoms with van der Waals surface area (Å²) >= 11 is 0. The average Bonchev–Trinajstić information content (AvgIpc) is 2.30. The molecule has 1 aromatic heterocycles. The molecule has 1 aliphatic rings. The Bertz CT molecular complexity index is 375. The molecule has 0 aliphatic carbocycles. The third kappa shape index (κ3) is 2.44. The van der Waals surface area contributed by atoms with Crippen LogP contribution in [0.2, 0.25) is 0 Å². The Labute approximate surface area is 95.1 Å². The number of aromatic nitrogens is 2. The van der Waals surface area contributed by atoms with Crippen LogP contribution in [0, 0.1) is 12.8 Å². The van der Waals surface area contributed by atoms with Crippen LogP contribution < -0.4 is 0 Å². The number of ketones is 1. The lowest BCUT2D eigenvalue weighted by Crippen LogP contribution is -2.24. The minimum atomic E-state index is -0.0248. The van der Waals surface area contributed by atoms with Crippen LogP contribution in [0.1, 0.15) is 37.3 Å². The first-order valence-corrected chi connectivity index (χ1v) is 5.57. The smallest absolute Gasteiger partial charge is 0.133 e. The van der Waals surface area contributed by atoms with E-state index in [0.717, 1.165) is 24.2 Å². The van der Waals surface area contributed by atoms with E-state index in [2.05, 4.69) is 9.97 Å². The molecule has 0 N–H and O–H groups in total. The molecule has 1 aromatic rings. The van der Waals surface area contributed by atoms with Gasteiger partial charge in [0.2, 0.25) is 0 Å². The SMILES string of the molecule is CC(=O)C1CCOC(c2cnc(C)nc2)C1. The second kappa shape index (κ2) is 4.70. The van der Waals surface area contributed by atoms with Gasteiger partial charge in [-0.25, -0.2) is 9.97 Å². The van der Waals surface area contributed by atoms with E-state index in [-0.39, 0.29) is 17.8 Å². The number of carbonyl (C=O) groups is 1. The fourth-order valence-electron chi connectivity index (χ4n) is 1.97. The molecular formula is C12H16N2O2. The summed E-state index contributed by atoms with van der Waals surface area (Å²) in [6.07, 6.45) is 5.13. The van der Waals surface area contributed by atoms with Gasteiger partial charge in [0.1, 0.15) is 11.6 Å². The maximum Gasteiger partial charge on any atom is 0.133 e. The predicted octanol–water partition coefficient (Wildman–Crippen LogP) is 1.84. The second-order valence-electron chi connectivity index (χ2n) is 4.25. The molecule has 2 unspecified atom stereocenters. The van der Waals surface area contributed by atoms with Crippen LogP contribution in [0.3, 0.4) is 0 Å². The summed E-state index contributed by atoms with van der Waals surface area (Å²) in [6.45, 7) is 4.14. The number of nitrogens with zero attached hydrogens (tertiary/aromatic N) is 2. The molecule has 0 spiro atoms. The molecule has 16 heavy (non-hydrogen) atoms. The minimum Gasteiger partial charge on any atom is -0.373 e. The van der Waals surface area contributed by atoms with Gasteiger partial charge in [0.15, 0.2) is 0 Å². The number of Topliss-reactive ketones (excluding diaryl/α,β-unsaturated/α-hetero) is 1. The van der Waals surface area contributed by atoms with Crippen molar-refractivity contribution in [3.05, 3.63) is 23.8 Å². The van der Waals surface area contributed by atoms with Gasteiger partial charge >= 0.3 is 0 Å². The zero-order chi connectivity index (χ0) is 11.5. The van der Waals surface area contributed by atoms with Crippen LogP contribution in [-0.2, 0) is 9.53 Å². The Morgan fingerprint density at radius 1 is 1.44 bits per heavy atom. The van der Waals surface area contributed by atoms with Crippen LogP contribution in [0.15, 0.2) is 12.4 Å². The molecule has 2 heterocycles. The third-order valence-electron chi connectivity index (χ3n) is 3.03. The van der Waals surface area contributed by atoms with Crippen molar-refractivity contribution in [3.63, 3.8) is 0 Å². The van der Waals surface area contributed by atoms with E-state index in [1.807, 2.05) is 6.92 Å². The van der Waals surface area contributed by atoms with Crippen molar-refractivity contribution in [1.82, 2.24) is 9.97 Å². The summed E-state index contributed by atoms with van der Waals surface area (Å²) < 4.78 is 5.65. The molecule has 2 atom stereocenters. The number of carbonyl (C=O) groups excluding carboxylic acids is 1. The van der Waals surface area contributed by atoms with Crippen molar-refractivity contribution in [2.75, 3.05) is 6.61 Å². The van der Waals surface area contributed by atoms with Crippen LogP contribution in [0.25, 0.3) is 0 Å². The summed E-state index contributed by atoms with van der Waals surface area (Å²) in [4.78, 5) is 19.6. The first kappa shape index (κ1) is 11.2. The summed E-state index contributed by atoms with van der Waals surface area (Å²) in [5, 5.41) is 0. The fourth-order valence-corrected chi connectivity index (χ4v) is 1.97. The van der Waals surface area contributed by atoms with Crippen molar-refractivity contribution >= 4 is 5.78 Å². The fraction of sp³-hybridized carbons (Fsp3) is 0.583. The minimum absolute atomic E-state index is 0.0248. The zero-order valence-corrected chi connectivity index (χ0v) is 9.64. The molecule has 1 fully saturated rings. The largest absolute Gasteiger partial charge is 0.373 e. The molecule has 0 aromatic carbocycles. The highest BCUT2D eigenvalue weighted by Crippen LogP contribution is 2.31. The Hall–Kier alpha value is -1.29. The lowest BCUT2D eigenvalue weighted by Gasteiger charge is -2.27. The van der Waals surface area contributed by atoms with Crippen molar-refractivity contribution in [3.8, 4) is 0 Å². The number of aryl methyl sites for hydroxylation is 1. The predicted molar refractivity (Wildman–Crippen MR) is 58.9 cm³/mol. The van der Waals surface area contributed by atoms with E-state index in [0.29, 0.717) is 6.61 Å². The molecule has 1 saturated heterocycles. The number of rotatable bonds is 2. The zero-order valence-electron chi connectivity index (χ0n) is 9.64. The molecule has 0 amide bonds. The average molecular weight is 220 g/mol. The molecule has 2 rings (SSSR count). The van der Waals surface area contributed by atoms with Crippen molar-refractivity contribution in [2.45, 2.75) is 32.8 Å². The maximum atomic E-state index is 11.3. The normalized spacial score (nSPS) is 25.4. The number of hydrogen-bond donors (Lipinski definition) is 0. The Morgan fingerprint density at radius 3 is 2.75 bits per heavy atom. The van der Waals surface area contributed by atoms with Crippen molar-refractivity contribution in [2.24, 2.45) is 5.92 Å². The summed E-state index contributed by atoms with van der Waals surface area (Å²) in [5.41, 5.74) is 0.969. The van der Waals surface area contributed by atoms with Crippen LogP contribution in [0.5, 0.6) is 0 Å². The van der Waals surface area contributed by atoms with Gasteiger partial charge in [0, 0.05) is 30.5 Å². The maximum absolute atomic E-state index is 11.3. The molecule has 0 bridgehead atoms. The summed E-state index contributed by atoms with van der Waals surface area (Å²) in [5.74, 6) is 1.13. The monoisotopic (exact) mass is 220 g/mol. The van der Waals surface area contributed by atoms with Crippen LogP contribution in [0.4, 0.5) is 0 Å². The van der Waals surface area contributed by atoms with Gasteiger partial charge in [-0.3, -0.25) is 4.79 Å². The highest BCUT2D eigenvalue weighted by atomic mass is 16.5. The van der Waals surface area contributed by atoms with Gasteiger partial charge in [-0.2, -0.15) is 0 Å². The van der Waals surface area contributed by atoms with Gasteiger partial charge < -0.3 is 4.74 Å². The Balaban J connectivity index is 2.09. The molecule has 4 nitrogen and oxygen atoms in total. The third-order valence-corrected chi connectivity index (χ3v) is 3.03. The lowest BCUT2D eigenvalue weighted by atomic mass is 9.90. The molecule has 4 heteroatoms. The van der Waals surface area contributed by atoms with Gasteiger partial charge in [-0.1, -0.05) is 0 Å². The quantitative estimate of drug-likeness (QED) is 0.763. The van der Waals surface area contributed by atoms with Crippen LogP contribution >= 0.6 is 0 Å². The van der Waals surface area contributed by atoms with E-state index in [1.165, 1.54) is 0 Å². The molecule has 86 valence electrons. The van der Waals surface area contributed by atoms with Crippen molar-refractivity contribution < 1.29 is 9.53 Å². The molecule has 1 aliphatic heterocycles. The van der Waals surface area contributed by atoms with E-state index >= 15 is 0 Å². The second-order valence-corrected chi connectivity index (χ2v) is 4.25. The van der Waals surface area contributed by atoms with E-state index in [1.54, 1.807) is 19.3 Å². The van der Waals surface area contributed by atoms with Gasteiger partial charge in [0.05, 0.1) is 6.10 Å². The standard InChI is InChI=1S/C12H16N2O2/c1-8(15)10-3-4-16-12(5-10)11-6-13-9(2)14-7-11/h6-7,10,12H,3-5H2,1-2H3. The van der Waals surface area contributed by atoms with Gasteiger partial charge in [-0.15, -0.1) is 0 Å². The van der Waals surface area contributed by atoms with E-state index in [9.17, 15) is 4.79 Å². The lowest BCUT2D eigenvalue weighted by molar-refractivity contribution is -0.125.